The molecular weight excluding hydrogens is 330 g/mol. The molecule has 1 N–H and O–H groups in total. The van der Waals surface area contributed by atoms with Gasteiger partial charge in [-0.25, -0.2) is 0 Å². The number of thiophene rings is 1. The number of carbonyl (C=O) groups excluding carboxylic acids is 1. The summed E-state index contributed by atoms with van der Waals surface area (Å²) in [6.07, 6.45) is 3.74. The molecular formula is C20H17N3OS. The van der Waals surface area contributed by atoms with Gasteiger partial charge in [0.25, 0.3) is 0 Å². The van der Waals surface area contributed by atoms with Gasteiger partial charge in [0.2, 0.25) is 5.91 Å². The third-order valence-corrected chi connectivity index (χ3v) is 4.81. The van der Waals surface area contributed by atoms with Gasteiger partial charge in [-0.15, -0.1) is 0 Å². The molecule has 0 saturated carbocycles. The Morgan fingerprint density at radius 2 is 2.08 bits per heavy atom. The summed E-state index contributed by atoms with van der Waals surface area (Å²) >= 11 is 1.65. The number of benzene rings is 1. The first-order valence-electron chi connectivity index (χ1n) is 8.08. The molecule has 3 heterocycles. The Morgan fingerprint density at radius 1 is 1.16 bits per heavy atom. The number of para-hydroxylation sites is 1. The fraction of sp³-hybridized carbons (Fsp3) is 0.100. The van der Waals surface area contributed by atoms with Crippen LogP contribution in [-0.2, 0) is 17.9 Å². The van der Waals surface area contributed by atoms with E-state index in [1.807, 2.05) is 64.7 Å². The van der Waals surface area contributed by atoms with Crippen LogP contribution in [0.2, 0.25) is 0 Å². The van der Waals surface area contributed by atoms with E-state index in [2.05, 4.69) is 15.7 Å². The van der Waals surface area contributed by atoms with Gasteiger partial charge in [0.1, 0.15) is 6.54 Å². The van der Waals surface area contributed by atoms with Gasteiger partial charge in [-0.1, -0.05) is 18.2 Å². The third kappa shape index (κ3) is 3.46. The average molecular weight is 347 g/mol. The molecule has 4 nitrogen and oxygen atoms in total. The Hall–Kier alpha value is -2.92. The van der Waals surface area contributed by atoms with Gasteiger partial charge >= 0.3 is 0 Å². The van der Waals surface area contributed by atoms with Crippen LogP contribution in [0.25, 0.3) is 22.2 Å². The number of nitrogens with zero attached hydrogens (tertiary/aromatic N) is 2. The second-order valence-corrected chi connectivity index (χ2v) is 6.62. The minimum atomic E-state index is -0.00440. The van der Waals surface area contributed by atoms with Crippen molar-refractivity contribution in [3.05, 3.63) is 77.2 Å². The van der Waals surface area contributed by atoms with Gasteiger partial charge in [0.05, 0.1) is 5.69 Å². The highest BCUT2D eigenvalue weighted by atomic mass is 32.1. The second kappa shape index (κ2) is 6.91. The SMILES string of the molecule is O=C(Cn1ccc2ccccc21)NCc1ccnc(-c2ccsc2)c1. The van der Waals surface area contributed by atoms with Gasteiger partial charge in [0, 0.05) is 35.4 Å². The van der Waals surface area contributed by atoms with Crippen LogP contribution in [-0.4, -0.2) is 15.5 Å². The molecule has 0 saturated heterocycles. The maximum atomic E-state index is 12.3. The Kier molecular flexibility index (Phi) is 4.31. The first-order valence-corrected chi connectivity index (χ1v) is 9.02. The molecule has 1 aromatic carbocycles. The fourth-order valence-corrected chi connectivity index (χ4v) is 3.49. The number of pyridine rings is 1. The quantitative estimate of drug-likeness (QED) is 0.591. The molecule has 0 radical (unpaired) electrons. The van der Waals surface area contributed by atoms with Crippen LogP contribution in [0.5, 0.6) is 0 Å². The number of nitrogens with one attached hydrogen (secondary N) is 1. The van der Waals surface area contributed by atoms with Crippen molar-refractivity contribution in [2.45, 2.75) is 13.1 Å². The van der Waals surface area contributed by atoms with Crippen LogP contribution in [0.3, 0.4) is 0 Å². The van der Waals surface area contributed by atoms with Crippen molar-refractivity contribution < 1.29 is 4.79 Å². The van der Waals surface area contributed by atoms with Crippen molar-refractivity contribution in [3.8, 4) is 11.3 Å². The van der Waals surface area contributed by atoms with E-state index >= 15 is 0 Å². The number of rotatable bonds is 5. The smallest absolute Gasteiger partial charge is 0.240 e. The number of aromatic nitrogens is 2. The lowest BCUT2D eigenvalue weighted by molar-refractivity contribution is -0.121. The van der Waals surface area contributed by atoms with E-state index in [1.54, 1.807) is 17.5 Å². The summed E-state index contributed by atoms with van der Waals surface area (Å²) in [7, 11) is 0. The van der Waals surface area contributed by atoms with E-state index in [0.29, 0.717) is 13.1 Å². The van der Waals surface area contributed by atoms with Crippen molar-refractivity contribution in [3.63, 3.8) is 0 Å². The number of hydrogen-bond donors (Lipinski definition) is 1. The molecule has 0 fully saturated rings. The van der Waals surface area contributed by atoms with Gasteiger partial charge in [-0.2, -0.15) is 11.3 Å². The summed E-state index contributed by atoms with van der Waals surface area (Å²) in [6, 6.07) is 16.1. The van der Waals surface area contributed by atoms with Crippen molar-refractivity contribution in [1.82, 2.24) is 14.9 Å². The standard InChI is InChI=1S/C20H17N3OS/c24-20(13-23-9-6-16-3-1-2-4-19(16)23)22-12-15-5-8-21-18(11-15)17-7-10-25-14-17/h1-11,14H,12-13H2,(H,22,24). The summed E-state index contributed by atoms with van der Waals surface area (Å²) in [6.45, 7) is 0.813. The zero-order valence-corrected chi connectivity index (χ0v) is 14.4. The highest BCUT2D eigenvalue weighted by molar-refractivity contribution is 7.08. The van der Waals surface area contributed by atoms with Gasteiger partial charge < -0.3 is 9.88 Å². The predicted octanol–water partition coefficient (Wildman–Crippen LogP) is 4.08. The topological polar surface area (TPSA) is 46.9 Å². The van der Waals surface area contributed by atoms with Crippen molar-refractivity contribution in [1.29, 1.82) is 0 Å². The van der Waals surface area contributed by atoms with Gasteiger partial charge in [-0.3, -0.25) is 9.78 Å². The Balaban J connectivity index is 1.41. The van der Waals surface area contributed by atoms with Gasteiger partial charge in [-0.05, 0) is 46.7 Å². The summed E-state index contributed by atoms with van der Waals surface area (Å²) in [5, 5.41) is 8.24. The van der Waals surface area contributed by atoms with E-state index in [9.17, 15) is 4.79 Å². The normalized spacial score (nSPS) is 10.9. The molecule has 0 unspecified atom stereocenters. The van der Waals surface area contributed by atoms with E-state index < -0.39 is 0 Å². The molecule has 4 aromatic rings. The number of fused-ring (bicyclic) bond motifs is 1. The second-order valence-electron chi connectivity index (χ2n) is 5.84. The predicted molar refractivity (Wildman–Crippen MR) is 101 cm³/mol. The van der Waals surface area contributed by atoms with Crippen molar-refractivity contribution in [2.75, 3.05) is 0 Å². The fourth-order valence-electron chi connectivity index (χ4n) is 2.84. The number of amides is 1. The summed E-state index contributed by atoms with van der Waals surface area (Å²) in [5.74, 6) is -0.00440. The zero-order valence-electron chi connectivity index (χ0n) is 13.6. The van der Waals surface area contributed by atoms with Gasteiger partial charge in [0.15, 0.2) is 0 Å². The number of carbonyl (C=O) groups is 1. The van der Waals surface area contributed by atoms with Crippen molar-refractivity contribution >= 4 is 28.1 Å². The molecule has 0 atom stereocenters. The Labute approximate surface area is 149 Å². The van der Waals surface area contributed by atoms with Crippen LogP contribution >= 0.6 is 11.3 Å². The molecule has 5 heteroatoms. The van der Waals surface area contributed by atoms with E-state index in [0.717, 1.165) is 27.7 Å². The molecule has 0 aliphatic carbocycles. The molecule has 0 aliphatic heterocycles. The first kappa shape index (κ1) is 15.6. The summed E-state index contributed by atoms with van der Waals surface area (Å²) in [5.41, 5.74) is 4.16. The maximum Gasteiger partial charge on any atom is 0.240 e. The van der Waals surface area contributed by atoms with E-state index in [4.69, 9.17) is 0 Å². The molecule has 0 aliphatic rings. The van der Waals surface area contributed by atoms with Crippen LogP contribution < -0.4 is 5.32 Å². The molecule has 4 rings (SSSR count). The Morgan fingerprint density at radius 3 is 2.96 bits per heavy atom. The zero-order chi connectivity index (χ0) is 17.1. The highest BCUT2D eigenvalue weighted by Crippen LogP contribution is 2.20. The molecule has 0 spiro atoms. The highest BCUT2D eigenvalue weighted by Gasteiger charge is 2.07. The maximum absolute atomic E-state index is 12.3. The third-order valence-electron chi connectivity index (χ3n) is 4.13. The minimum absolute atomic E-state index is 0.00440. The number of hydrogen-bond acceptors (Lipinski definition) is 3. The minimum Gasteiger partial charge on any atom is -0.350 e. The lowest BCUT2D eigenvalue weighted by Crippen LogP contribution is -2.26. The van der Waals surface area contributed by atoms with E-state index in [1.165, 1.54) is 0 Å². The molecule has 3 aromatic heterocycles. The first-order chi connectivity index (χ1) is 12.3. The molecule has 25 heavy (non-hydrogen) atoms. The van der Waals surface area contributed by atoms with Crippen LogP contribution in [0.1, 0.15) is 5.56 Å². The van der Waals surface area contributed by atoms with Crippen LogP contribution in [0, 0.1) is 0 Å². The Bertz CT molecular complexity index is 1000. The monoisotopic (exact) mass is 347 g/mol. The molecule has 124 valence electrons. The molecule has 0 bridgehead atoms. The van der Waals surface area contributed by atoms with E-state index in [-0.39, 0.29) is 5.91 Å². The van der Waals surface area contributed by atoms with Crippen LogP contribution in [0.15, 0.2) is 71.7 Å². The summed E-state index contributed by atoms with van der Waals surface area (Å²) in [4.78, 5) is 16.7. The van der Waals surface area contributed by atoms with Crippen LogP contribution in [0.4, 0.5) is 0 Å². The summed E-state index contributed by atoms with van der Waals surface area (Å²) < 4.78 is 1.97. The average Bonchev–Trinajstić information content (AvgIpc) is 3.31. The van der Waals surface area contributed by atoms with Crippen molar-refractivity contribution in [2.24, 2.45) is 0 Å². The lowest BCUT2D eigenvalue weighted by Gasteiger charge is -2.08. The largest absolute Gasteiger partial charge is 0.350 e. The molecule has 1 amide bonds. The lowest BCUT2D eigenvalue weighted by atomic mass is 10.1.